The first-order valence-electron chi connectivity index (χ1n) is 7.56. The molecule has 1 amide bonds. The van der Waals surface area contributed by atoms with Gasteiger partial charge < -0.3 is 14.1 Å². The maximum Gasteiger partial charge on any atom is 0.311 e. The predicted octanol–water partition coefficient (Wildman–Crippen LogP) is 3.30. The van der Waals surface area contributed by atoms with Crippen LogP contribution in [-0.2, 0) is 20.9 Å². The van der Waals surface area contributed by atoms with Gasteiger partial charge in [0.2, 0.25) is 5.91 Å². The summed E-state index contributed by atoms with van der Waals surface area (Å²) in [5, 5.41) is 1.96. The van der Waals surface area contributed by atoms with Crippen LogP contribution in [0.4, 0.5) is 0 Å². The van der Waals surface area contributed by atoms with E-state index in [2.05, 4.69) is 0 Å². The molecule has 122 valence electrons. The normalized spacial score (nSPS) is 21.5. The SMILES string of the molecule is Cc1occc1COC(=O)[C@@H]1CCC(=O)N(C)[C@@H]1c1cccs1. The molecule has 0 spiro atoms. The van der Waals surface area contributed by atoms with Gasteiger partial charge in [0, 0.05) is 23.9 Å². The highest BCUT2D eigenvalue weighted by atomic mass is 32.1. The highest BCUT2D eigenvalue weighted by molar-refractivity contribution is 7.10. The van der Waals surface area contributed by atoms with E-state index in [0.717, 1.165) is 16.2 Å². The Morgan fingerprint density at radius 3 is 2.96 bits per heavy atom. The summed E-state index contributed by atoms with van der Waals surface area (Å²) >= 11 is 1.56. The highest BCUT2D eigenvalue weighted by Gasteiger charge is 2.40. The van der Waals surface area contributed by atoms with Crippen molar-refractivity contribution < 1.29 is 18.7 Å². The van der Waals surface area contributed by atoms with Crippen LogP contribution in [0.25, 0.3) is 0 Å². The molecule has 1 saturated heterocycles. The number of esters is 1. The van der Waals surface area contributed by atoms with E-state index < -0.39 is 0 Å². The molecule has 23 heavy (non-hydrogen) atoms. The largest absolute Gasteiger partial charge is 0.469 e. The Labute approximate surface area is 138 Å². The van der Waals surface area contributed by atoms with Gasteiger partial charge in [0.25, 0.3) is 0 Å². The zero-order valence-electron chi connectivity index (χ0n) is 13.2. The Bertz CT molecular complexity index is 691. The van der Waals surface area contributed by atoms with Crippen LogP contribution < -0.4 is 0 Å². The number of piperidine rings is 1. The maximum atomic E-state index is 12.6. The summed E-state index contributed by atoms with van der Waals surface area (Å²) in [7, 11) is 1.76. The fourth-order valence-electron chi connectivity index (χ4n) is 2.95. The van der Waals surface area contributed by atoms with Crippen molar-refractivity contribution in [2.75, 3.05) is 7.05 Å². The van der Waals surface area contributed by atoms with Gasteiger partial charge in [-0.3, -0.25) is 9.59 Å². The number of furan rings is 1. The highest BCUT2D eigenvalue weighted by Crippen LogP contribution is 2.38. The van der Waals surface area contributed by atoms with Crippen molar-refractivity contribution in [1.82, 2.24) is 4.90 Å². The van der Waals surface area contributed by atoms with Crippen LogP contribution in [0.15, 0.2) is 34.3 Å². The number of nitrogens with zero attached hydrogens (tertiary/aromatic N) is 1. The fraction of sp³-hybridized carbons (Fsp3) is 0.412. The number of amides is 1. The number of aryl methyl sites for hydroxylation is 1. The Morgan fingerprint density at radius 1 is 1.48 bits per heavy atom. The molecule has 0 saturated carbocycles. The van der Waals surface area contributed by atoms with Crippen molar-refractivity contribution in [1.29, 1.82) is 0 Å². The molecule has 0 unspecified atom stereocenters. The second-order valence-electron chi connectivity index (χ2n) is 5.72. The Morgan fingerprint density at radius 2 is 2.30 bits per heavy atom. The smallest absolute Gasteiger partial charge is 0.311 e. The van der Waals surface area contributed by atoms with Gasteiger partial charge in [0.15, 0.2) is 0 Å². The third kappa shape index (κ3) is 3.17. The monoisotopic (exact) mass is 333 g/mol. The Hall–Kier alpha value is -2.08. The number of ether oxygens (including phenoxy) is 1. The third-order valence-corrected chi connectivity index (χ3v) is 5.28. The zero-order chi connectivity index (χ0) is 16.4. The molecule has 1 aliphatic rings. The average Bonchev–Trinajstić information content (AvgIpc) is 3.19. The number of rotatable bonds is 4. The van der Waals surface area contributed by atoms with Crippen molar-refractivity contribution in [2.24, 2.45) is 5.92 Å². The molecule has 1 fully saturated rings. The third-order valence-electron chi connectivity index (χ3n) is 4.33. The summed E-state index contributed by atoms with van der Waals surface area (Å²) in [6, 6.07) is 5.46. The lowest BCUT2D eigenvalue weighted by Gasteiger charge is -2.37. The standard InChI is InChI=1S/C17H19NO4S/c1-11-12(7-8-21-11)10-22-17(20)13-5-6-15(19)18(2)16(13)14-4-3-9-23-14/h3-4,7-9,13,16H,5-6,10H2,1-2H3/t13-,16+/m1/s1. The lowest BCUT2D eigenvalue weighted by atomic mass is 9.88. The topological polar surface area (TPSA) is 59.8 Å². The van der Waals surface area contributed by atoms with Gasteiger partial charge in [-0.05, 0) is 30.9 Å². The molecular weight excluding hydrogens is 314 g/mol. The number of carbonyl (C=O) groups excluding carboxylic acids is 2. The van der Waals surface area contributed by atoms with Crippen molar-refractivity contribution >= 4 is 23.2 Å². The van der Waals surface area contributed by atoms with E-state index in [9.17, 15) is 9.59 Å². The van der Waals surface area contributed by atoms with Crippen molar-refractivity contribution in [3.8, 4) is 0 Å². The summed E-state index contributed by atoms with van der Waals surface area (Å²) in [4.78, 5) is 27.3. The molecule has 0 radical (unpaired) electrons. The zero-order valence-corrected chi connectivity index (χ0v) is 14.0. The molecule has 2 aromatic heterocycles. The Kier molecular flexibility index (Phi) is 4.52. The van der Waals surface area contributed by atoms with Gasteiger partial charge in [-0.15, -0.1) is 11.3 Å². The number of hydrogen-bond donors (Lipinski definition) is 0. The minimum absolute atomic E-state index is 0.0677. The van der Waals surface area contributed by atoms with E-state index in [4.69, 9.17) is 9.15 Å². The first-order chi connectivity index (χ1) is 11.1. The number of hydrogen-bond acceptors (Lipinski definition) is 5. The van der Waals surface area contributed by atoms with Gasteiger partial charge in [-0.1, -0.05) is 6.07 Å². The van der Waals surface area contributed by atoms with E-state index in [1.807, 2.05) is 24.4 Å². The molecule has 3 heterocycles. The Balaban J connectivity index is 1.74. The van der Waals surface area contributed by atoms with Crippen molar-refractivity contribution in [2.45, 2.75) is 32.4 Å². The van der Waals surface area contributed by atoms with Gasteiger partial charge in [0.05, 0.1) is 18.2 Å². The van der Waals surface area contributed by atoms with E-state index in [0.29, 0.717) is 12.8 Å². The van der Waals surface area contributed by atoms with Crippen LogP contribution >= 0.6 is 11.3 Å². The van der Waals surface area contributed by atoms with Crippen LogP contribution in [0.3, 0.4) is 0 Å². The summed E-state index contributed by atoms with van der Waals surface area (Å²) in [5.74, 6) is 0.230. The van der Waals surface area contributed by atoms with Gasteiger partial charge >= 0.3 is 5.97 Å². The molecule has 0 aromatic carbocycles. The minimum atomic E-state index is -0.330. The molecule has 2 aromatic rings. The molecule has 2 atom stereocenters. The van der Waals surface area contributed by atoms with Crippen LogP contribution in [0.2, 0.25) is 0 Å². The second-order valence-corrected chi connectivity index (χ2v) is 6.70. The lowest BCUT2D eigenvalue weighted by molar-refractivity contribution is -0.157. The first-order valence-corrected chi connectivity index (χ1v) is 8.44. The maximum absolute atomic E-state index is 12.6. The lowest BCUT2D eigenvalue weighted by Crippen LogP contribution is -2.43. The molecule has 6 heteroatoms. The number of carbonyl (C=O) groups is 2. The molecule has 0 N–H and O–H groups in total. The van der Waals surface area contributed by atoms with E-state index >= 15 is 0 Å². The molecule has 0 aliphatic carbocycles. The molecule has 5 nitrogen and oxygen atoms in total. The molecule has 1 aliphatic heterocycles. The summed E-state index contributed by atoms with van der Waals surface area (Å²) in [5.41, 5.74) is 0.867. The molecule has 3 rings (SSSR count). The average molecular weight is 333 g/mol. The van der Waals surface area contributed by atoms with Crippen LogP contribution in [-0.4, -0.2) is 23.8 Å². The quantitative estimate of drug-likeness (QED) is 0.806. The van der Waals surface area contributed by atoms with Crippen LogP contribution in [0.5, 0.6) is 0 Å². The first kappa shape index (κ1) is 15.8. The summed E-state index contributed by atoms with van der Waals surface area (Å²) < 4.78 is 10.7. The molecular formula is C17H19NO4S. The summed E-state index contributed by atoms with van der Waals surface area (Å²) in [6.07, 6.45) is 2.48. The van der Waals surface area contributed by atoms with E-state index in [1.54, 1.807) is 35.6 Å². The van der Waals surface area contributed by atoms with Crippen LogP contribution in [0.1, 0.15) is 35.1 Å². The van der Waals surface area contributed by atoms with Crippen LogP contribution in [0, 0.1) is 12.8 Å². The van der Waals surface area contributed by atoms with Gasteiger partial charge in [0.1, 0.15) is 12.4 Å². The van der Waals surface area contributed by atoms with Gasteiger partial charge in [-0.25, -0.2) is 0 Å². The second kappa shape index (κ2) is 6.58. The summed E-state index contributed by atoms with van der Waals surface area (Å²) in [6.45, 7) is 2.04. The molecule has 0 bridgehead atoms. The van der Waals surface area contributed by atoms with Crippen molar-refractivity contribution in [3.05, 3.63) is 46.0 Å². The van der Waals surface area contributed by atoms with Crippen molar-refractivity contribution in [3.63, 3.8) is 0 Å². The minimum Gasteiger partial charge on any atom is -0.469 e. The predicted molar refractivity (Wildman–Crippen MR) is 85.8 cm³/mol. The van der Waals surface area contributed by atoms with E-state index in [-0.39, 0.29) is 30.4 Å². The number of likely N-dealkylation sites (tertiary alicyclic amines) is 1. The van der Waals surface area contributed by atoms with E-state index in [1.165, 1.54) is 0 Å². The van der Waals surface area contributed by atoms with Gasteiger partial charge in [-0.2, -0.15) is 0 Å². The fourth-order valence-corrected chi connectivity index (χ4v) is 3.88. The number of thiophene rings is 1.